The molecule has 4 atom stereocenters. The van der Waals surface area contributed by atoms with Gasteiger partial charge in [0.05, 0.1) is 12.2 Å². The predicted molar refractivity (Wildman–Crippen MR) is 49.8 cm³/mol. The van der Waals surface area contributed by atoms with Gasteiger partial charge in [-0.05, 0) is 50.4 Å². The first-order chi connectivity index (χ1) is 6.29. The zero-order valence-electron chi connectivity index (χ0n) is 7.95. The maximum Gasteiger partial charge on any atom is 0.0655 e. The van der Waals surface area contributed by atoms with E-state index in [1.54, 1.807) is 0 Å². The molecule has 0 saturated heterocycles. The molecule has 0 aliphatic heterocycles. The molecular formula is C11H17NO. The summed E-state index contributed by atoms with van der Waals surface area (Å²) in [6.45, 7) is 0. The fraction of sp³-hybridized carbons (Fsp3) is 0.909. The van der Waals surface area contributed by atoms with Gasteiger partial charge < -0.3 is 5.11 Å². The van der Waals surface area contributed by atoms with Crippen LogP contribution in [-0.2, 0) is 0 Å². The molecule has 1 N–H and O–H groups in total. The average molecular weight is 179 g/mol. The quantitative estimate of drug-likeness (QED) is 0.618. The van der Waals surface area contributed by atoms with Crippen molar-refractivity contribution in [1.82, 2.24) is 0 Å². The largest absolute Gasteiger partial charge is 0.393 e. The molecule has 13 heavy (non-hydrogen) atoms. The highest BCUT2D eigenvalue weighted by Gasteiger charge is 2.34. The molecule has 2 saturated carbocycles. The van der Waals surface area contributed by atoms with Crippen molar-refractivity contribution in [3.63, 3.8) is 0 Å². The molecule has 2 nitrogen and oxygen atoms in total. The maximum atomic E-state index is 9.51. The second kappa shape index (κ2) is 3.67. The molecule has 0 radical (unpaired) electrons. The van der Waals surface area contributed by atoms with Crippen molar-refractivity contribution >= 4 is 0 Å². The zero-order valence-corrected chi connectivity index (χ0v) is 7.95. The summed E-state index contributed by atoms with van der Waals surface area (Å²) in [6.07, 6.45) is 6.35. The number of nitriles is 1. The Morgan fingerprint density at radius 2 is 1.69 bits per heavy atom. The number of rotatable bonds is 0. The van der Waals surface area contributed by atoms with Crippen molar-refractivity contribution in [1.29, 1.82) is 5.26 Å². The fourth-order valence-corrected chi connectivity index (χ4v) is 2.98. The van der Waals surface area contributed by atoms with E-state index >= 15 is 0 Å². The van der Waals surface area contributed by atoms with E-state index in [9.17, 15) is 5.11 Å². The number of hydrogen-bond acceptors (Lipinski definition) is 2. The summed E-state index contributed by atoms with van der Waals surface area (Å²) in [5.41, 5.74) is 0. The van der Waals surface area contributed by atoms with Crippen LogP contribution < -0.4 is 0 Å². The molecule has 0 aromatic carbocycles. The highest BCUT2D eigenvalue weighted by atomic mass is 16.3. The Labute approximate surface area is 79.6 Å². The molecule has 2 unspecified atom stereocenters. The Morgan fingerprint density at radius 1 is 1.00 bits per heavy atom. The Morgan fingerprint density at radius 3 is 2.46 bits per heavy atom. The summed E-state index contributed by atoms with van der Waals surface area (Å²) in [5.74, 6) is 1.76. The van der Waals surface area contributed by atoms with E-state index in [0.717, 1.165) is 38.0 Å². The first kappa shape index (κ1) is 9.02. The second-order valence-electron chi connectivity index (χ2n) is 4.63. The van der Waals surface area contributed by atoms with Crippen molar-refractivity contribution in [2.45, 2.75) is 44.6 Å². The number of hydrogen-bond donors (Lipinski definition) is 1. The fourth-order valence-electron chi connectivity index (χ4n) is 2.98. The monoisotopic (exact) mass is 179 g/mol. The molecule has 2 fully saturated rings. The van der Waals surface area contributed by atoms with Gasteiger partial charge in [-0.2, -0.15) is 5.26 Å². The second-order valence-corrected chi connectivity index (χ2v) is 4.63. The molecule has 0 heterocycles. The lowest BCUT2D eigenvalue weighted by atomic mass is 9.67. The summed E-state index contributed by atoms with van der Waals surface area (Å²) in [4.78, 5) is 0. The molecule has 0 aromatic heterocycles. The van der Waals surface area contributed by atoms with Crippen molar-refractivity contribution in [3.05, 3.63) is 0 Å². The normalized spacial score (nSPS) is 44.9. The highest BCUT2D eigenvalue weighted by molar-refractivity contribution is 4.93. The van der Waals surface area contributed by atoms with Gasteiger partial charge >= 0.3 is 0 Å². The van der Waals surface area contributed by atoms with Gasteiger partial charge in [-0.1, -0.05) is 0 Å². The summed E-state index contributed by atoms with van der Waals surface area (Å²) in [5, 5.41) is 18.3. The lowest BCUT2D eigenvalue weighted by Crippen LogP contribution is -2.32. The third kappa shape index (κ3) is 1.86. The highest BCUT2D eigenvalue weighted by Crippen LogP contribution is 2.42. The Balaban J connectivity index is 1.95. The summed E-state index contributed by atoms with van der Waals surface area (Å²) in [7, 11) is 0. The van der Waals surface area contributed by atoms with Crippen LogP contribution in [-0.4, -0.2) is 11.2 Å². The summed E-state index contributed by atoms with van der Waals surface area (Å²) >= 11 is 0. The SMILES string of the molecule is N#C[C@H]1CCC2C[C@@H](O)CCC2C1. The van der Waals surface area contributed by atoms with Crippen LogP contribution in [0, 0.1) is 29.1 Å². The molecule has 2 heteroatoms. The van der Waals surface area contributed by atoms with E-state index in [1.807, 2.05) is 0 Å². The predicted octanol–water partition coefficient (Wildman–Crippen LogP) is 2.09. The van der Waals surface area contributed by atoms with Crippen molar-refractivity contribution < 1.29 is 5.11 Å². The first-order valence-electron chi connectivity index (χ1n) is 5.37. The molecule has 2 aliphatic carbocycles. The minimum absolute atomic E-state index is 0.0557. The van der Waals surface area contributed by atoms with Crippen molar-refractivity contribution in [2.75, 3.05) is 0 Å². The zero-order chi connectivity index (χ0) is 9.26. The van der Waals surface area contributed by atoms with E-state index in [0.29, 0.717) is 11.8 Å². The molecule has 0 aromatic rings. The van der Waals surface area contributed by atoms with E-state index in [4.69, 9.17) is 5.26 Å². The van der Waals surface area contributed by atoms with Crippen LogP contribution in [0.3, 0.4) is 0 Å². The van der Waals surface area contributed by atoms with Crippen LogP contribution in [0.15, 0.2) is 0 Å². The van der Waals surface area contributed by atoms with Gasteiger partial charge in [0.25, 0.3) is 0 Å². The number of aliphatic hydroxyl groups excluding tert-OH is 1. The van der Waals surface area contributed by atoms with Gasteiger partial charge in [-0.25, -0.2) is 0 Å². The van der Waals surface area contributed by atoms with Gasteiger partial charge in [-0.15, -0.1) is 0 Å². The van der Waals surface area contributed by atoms with Gasteiger partial charge in [0, 0.05) is 5.92 Å². The van der Waals surface area contributed by atoms with Crippen LogP contribution in [0.2, 0.25) is 0 Å². The lowest BCUT2D eigenvalue weighted by Gasteiger charge is -2.39. The van der Waals surface area contributed by atoms with Crippen LogP contribution in [0.4, 0.5) is 0 Å². The molecular weight excluding hydrogens is 162 g/mol. The van der Waals surface area contributed by atoms with E-state index in [-0.39, 0.29) is 6.10 Å². The minimum atomic E-state index is -0.0557. The van der Waals surface area contributed by atoms with E-state index in [2.05, 4.69) is 6.07 Å². The molecule has 0 spiro atoms. The van der Waals surface area contributed by atoms with Crippen molar-refractivity contribution in [3.8, 4) is 6.07 Å². The summed E-state index contributed by atoms with van der Waals surface area (Å²) < 4.78 is 0. The average Bonchev–Trinajstić information content (AvgIpc) is 2.17. The number of aliphatic hydroxyl groups is 1. The number of fused-ring (bicyclic) bond motifs is 1. The van der Waals surface area contributed by atoms with Gasteiger partial charge in [-0.3, -0.25) is 0 Å². The molecule has 2 rings (SSSR count). The first-order valence-corrected chi connectivity index (χ1v) is 5.37. The third-order valence-corrected chi connectivity index (χ3v) is 3.77. The van der Waals surface area contributed by atoms with Crippen molar-refractivity contribution in [2.24, 2.45) is 17.8 Å². The Hall–Kier alpha value is -0.550. The smallest absolute Gasteiger partial charge is 0.0655 e. The van der Waals surface area contributed by atoms with Gasteiger partial charge in [0.15, 0.2) is 0 Å². The standard InChI is InChI=1S/C11H17NO/c12-7-8-1-2-10-6-11(13)4-3-9(10)5-8/h8-11,13H,1-6H2/t8-,9?,10?,11-/m0/s1. The van der Waals surface area contributed by atoms with Gasteiger partial charge in [0.2, 0.25) is 0 Å². The lowest BCUT2D eigenvalue weighted by molar-refractivity contribution is 0.0418. The molecule has 0 amide bonds. The third-order valence-electron chi connectivity index (χ3n) is 3.77. The topological polar surface area (TPSA) is 44.0 Å². The van der Waals surface area contributed by atoms with E-state index < -0.39 is 0 Å². The van der Waals surface area contributed by atoms with E-state index in [1.165, 1.54) is 6.42 Å². The van der Waals surface area contributed by atoms with Gasteiger partial charge in [0.1, 0.15) is 0 Å². The van der Waals surface area contributed by atoms with Crippen LogP contribution in [0.25, 0.3) is 0 Å². The number of nitrogens with zero attached hydrogens (tertiary/aromatic N) is 1. The van der Waals surface area contributed by atoms with Crippen LogP contribution in [0.1, 0.15) is 38.5 Å². The Kier molecular flexibility index (Phi) is 2.55. The molecule has 72 valence electrons. The maximum absolute atomic E-state index is 9.51. The molecule has 0 bridgehead atoms. The minimum Gasteiger partial charge on any atom is -0.393 e. The van der Waals surface area contributed by atoms with Crippen LogP contribution in [0.5, 0.6) is 0 Å². The Bertz CT molecular complexity index is 221. The molecule has 2 aliphatic rings. The summed E-state index contributed by atoms with van der Waals surface area (Å²) in [6, 6.07) is 2.39. The van der Waals surface area contributed by atoms with Crippen LogP contribution >= 0.6 is 0 Å².